The van der Waals surface area contributed by atoms with Crippen LogP contribution in [0.2, 0.25) is 0 Å². The number of fused-ring (bicyclic) bond motifs is 1. The van der Waals surface area contributed by atoms with Crippen LogP contribution in [0, 0.1) is 6.92 Å². The van der Waals surface area contributed by atoms with E-state index in [1.165, 1.54) is 22.4 Å². The Morgan fingerprint density at radius 3 is 2.70 bits per heavy atom. The van der Waals surface area contributed by atoms with Crippen LogP contribution in [0.4, 0.5) is 5.69 Å². The van der Waals surface area contributed by atoms with Gasteiger partial charge in [0.2, 0.25) is 5.91 Å². The van der Waals surface area contributed by atoms with Crippen LogP contribution in [0.15, 0.2) is 53.5 Å². The fourth-order valence-corrected chi connectivity index (χ4v) is 4.56. The van der Waals surface area contributed by atoms with Crippen molar-refractivity contribution in [1.29, 1.82) is 0 Å². The SMILES string of the molecule is CN=C(NCCc1ccc(C)cc1)N1CC(CCN2CCCC2=O)c2ccccc21. The minimum Gasteiger partial charge on any atom is -0.356 e. The highest BCUT2D eigenvalue weighted by molar-refractivity contribution is 5.98. The minimum absolute atomic E-state index is 0.312. The summed E-state index contributed by atoms with van der Waals surface area (Å²) in [6, 6.07) is 17.3. The number of amides is 1. The van der Waals surface area contributed by atoms with Crippen molar-refractivity contribution in [3.63, 3.8) is 0 Å². The van der Waals surface area contributed by atoms with Crippen LogP contribution in [0.3, 0.4) is 0 Å². The maximum absolute atomic E-state index is 12.0. The van der Waals surface area contributed by atoms with Gasteiger partial charge in [0.15, 0.2) is 5.96 Å². The summed E-state index contributed by atoms with van der Waals surface area (Å²) in [7, 11) is 1.85. The second-order valence-corrected chi connectivity index (χ2v) is 8.35. The third-order valence-electron chi connectivity index (χ3n) is 6.27. The second-order valence-electron chi connectivity index (χ2n) is 8.35. The Morgan fingerprint density at radius 1 is 1.17 bits per heavy atom. The fourth-order valence-electron chi connectivity index (χ4n) is 4.56. The molecular weight excluding hydrogens is 372 g/mol. The highest BCUT2D eigenvalue weighted by Gasteiger charge is 2.31. The van der Waals surface area contributed by atoms with Crippen molar-refractivity contribution in [1.82, 2.24) is 10.2 Å². The first-order valence-corrected chi connectivity index (χ1v) is 11.1. The number of guanidine groups is 1. The Bertz CT molecular complexity index is 906. The Kier molecular flexibility index (Phi) is 6.36. The van der Waals surface area contributed by atoms with E-state index in [0.29, 0.717) is 18.2 Å². The number of likely N-dealkylation sites (tertiary alicyclic amines) is 1. The summed E-state index contributed by atoms with van der Waals surface area (Å²) in [5.74, 6) is 1.66. The van der Waals surface area contributed by atoms with E-state index in [1.54, 1.807) is 0 Å². The molecule has 0 aliphatic carbocycles. The number of nitrogens with zero attached hydrogens (tertiary/aromatic N) is 3. The quantitative estimate of drug-likeness (QED) is 0.590. The molecular formula is C25H32N4O. The van der Waals surface area contributed by atoms with E-state index in [4.69, 9.17) is 0 Å². The van der Waals surface area contributed by atoms with Crippen molar-refractivity contribution >= 4 is 17.6 Å². The topological polar surface area (TPSA) is 47.9 Å². The van der Waals surface area contributed by atoms with Crippen molar-refractivity contribution in [3.05, 3.63) is 65.2 Å². The summed E-state index contributed by atoms with van der Waals surface area (Å²) in [6.45, 7) is 5.64. The van der Waals surface area contributed by atoms with Gasteiger partial charge in [-0.05, 0) is 43.4 Å². The van der Waals surface area contributed by atoms with Gasteiger partial charge in [-0.1, -0.05) is 48.0 Å². The predicted octanol–water partition coefficient (Wildman–Crippen LogP) is 3.73. The van der Waals surface area contributed by atoms with E-state index >= 15 is 0 Å². The van der Waals surface area contributed by atoms with Crippen LogP contribution in [-0.4, -0.2) is 50.0 Å². The van der Waals surface area contributed by atoms with Gasteiger partial charge in [0, 0.05) is 51.3 Å². The Morgan fingerprint density at radius 2 is 1.97 bits per heavy atom. The average molecular weight is 405 g/mol. The fraction of sp³-hybridized carbons (Fsp3) is 0.440. The number of carbonyl (C=O) groups is 1. The molecule has 2 heterocycles. The first-order chi connectivity index (χ1) is 14.7. The first-order valence-electron chi connectivity index (χ1n) is 11.1. The Balaban J connectivity index is 1.39. The van der Waals surface area contributed by atoms with E-state index < -0.39 is 0 Å². The van der Waals surface area contributed by atoms with Crippen molar-refractivity contribution in [3.8, 4) is 0 Å². The maximum atomic E-state index is 12.0. The monoisotopic (exact) mass is 404 g/mol. The molecule has 1 fully saturated rings. The number of rotatable bonds is 6. The summed E-state index contributed by atoms with van der Waals surface area (Å²) < 4.78 is 0. The zero-order valence-electron chi connectivity index (χ0n) is 18.1. The molecule has 5 heteroatoms. The number of aliphatic imine (C=N–C) groups is 1. The first kappa shape index (κ1) is 20.5. The molecule has 2 aliphatic heterocycles. The van der Waals surface area contributed by atoms with E-state index in [1.807, 2.05) is 11.9 Å². The third-order valence-corrected chi connectivity index (χ3v) is 6.27. The molecule has 2 aromatic rings. The molecule has 5 nitrogen and oxygen atoms in total. The minimum atomic E-state index is 0.312. The number of aryl methyl sites for hydroxylation is 1. The van der Waals surface area contributed by atoms with Gasteiger partial charge >= 0.3 is 0 Å². The zero-order valence-corrected chi connectivity index (χ0v) is 18.1. The molecule has 158 valence electrons. The maximum Gasteiger partial charge on any atom is 0.222 e. The molecule has 1 N–H and O–H groups in total. The van der Waals surface area contributed by atoms with Crippen molar-refractivity contribution < 1.29 is 4.79 Å². The number of hydrogen-bond acceptors (Lipinski definition) is 2. The molecule has 1 saturated heterocycles. The van der Waals surface area contributed by atoms with Crippen LogP contribution in [0.1, 0.15) is 41.9 Å². The molecule has 1 unspecified atom stereocenters. The van der Waals surface area contributed by atoms with E-state index in [-0.39, 0.29) is 0 Å². The molecule has 0 radical (unpaired) electrons. The van der Waals surface area contributed by atoms with Crippen molar-refractivity contribution in [2.24, 2.45) is 4.99 Å². The van der Waals surface area contributed by atoms with Gasteiger partial charge in [-0.15, -0.1) is 0 Å². The standard InChI is InChI=1S/C25H32N4O/c1-19-9-11-20(12-10-19)13-15-27-25(26-2)29-18-21(22-6-3-4-7-23(22)29)14-17-28-16-5-8-24(28)30/h3-4,6-7,9-12,21H,5,8,13-18H2,1-2H3,(H,26,27). The largest absolute Gasteiger partial charge is 0.356 e. The van der Waals surface area contributed by atoms with E-state index in [2.05, 4.69) is 70.7 Å². The van der Waals surface area contributed by atoms with Crippen LogP contribution in [0.25, 0.3) is 0 Å². The molecule has 0 spiro atoms. The van der Waals surface area contributed by atoms with Gasteiger partial charge < -0.3 is 15.1 Å². The molecule has 2 aromatic carbocycles. The van der Waals surface area contributed by atoms with Gasteiger partial charge in [-0.3, -0.25) is 9.79 Å². The van der Waals surface area contributed by atoms with Gasteiger partial charge in [0.25, 0.3) is 0 Å². The van der Waals surface area contributed by atoms with E-state index in [9.17, 15) is 4.79 Å². The molecule has 1 amide bonds. The van der Waals surface area contributed by atoms with Crippen molar-refractivity contribution in [2.45, 2.75) is 38.5 Å². The van der Waals surface area contributed by atoms with E-state index in [0.717, 1.165) is 51.4 Å². The summed E-state index contributed by atoms with van der Waals surface area (Å²) >= 11 is 0. The number of nitrogens with one attached hydrogen (secondary N) is 1. The number of carbonyl (C=O) groups excluding carboxylic acids is 1. The molecule has 4 rings (SSSR count). The van der Waals surface area contributed by atoms with Crippen LogP contribution in [0.5, 0.6) is 0 Å². The predicted molar refractivity (Wildman–Crippen MR) is 123 cm³/mol. The number of benzene rings is 2. The smallest absolute Gasteiger partial charge is 0.222 e. The third kappa shape index (κ3) is 4.50. The molecule has 30 heavy (non-hydrogen) atoms. The molecule has 0 aromatic heterocycles. The average Bonchev–Trinajstić information content (AvgIpc) is 3.34. The molecule has 1 atom stereocenters. The lowest BCUT2D eigenvalue weighted by atomic mass is 9.98. The highest BCUT2D eigenvalue weighted by Crippen LogP contribution is 2.38. The lowest BCUT2D eigenvalue weighted by Crippen LogP contribution is -2.42. The van der Waals surface area contributed by atoms with Gasteiger partial charge in [-0.2, -0.15) is 0 Å². The van der Waals surface area contributed by atoms with Crippen LogP contribution < -0.4 is 10.2 Å². The van der Waals surface area contributed by atoms with Crippen LogP contribution in [-0.2, 0) is 11.2 Å². The van der Waals surface area contributed by atoms with Gasteiger partial charge in [0.05, 0.1) is 0 Å². The second kappa shape index (κ2) is 9.33. The summed E-state index contributed by atoms with van der Waals surface area (Å²) in [5, 5.41) is 3.55. The lowest BCUT2D eigenvalue weighted by Gasteiger charge is -2.23. The Hall–Kier alpha value is -2.82. The summed E-state index contributed by atoms with van der Waals surface area (Å²) in [4.78, 5) is 20.9. The normalized spacial score (nSPS) is 18.8. The number of para-hydroxylation sites is 1. The van der Waals surface area contributed by atoms with Crippen LogP contribution >= 0.6 is 0 Å². The number of hydrogen-bond donors (Lipinski definition) is 1. The Labute approximate surface area is 179 Å². The highest BCUT2D eigenvalue weighted by atomic mass is 16.2. The molecule has 2 aliphatic rings. The summed E-state index contributed by atoms with van der Waals surface area (Å²) in [6.07, 6.45) is 3.68. The van der Waals surface area contributed by atoms with Gasteiger partial charge in [-0.25, -0.2) is 0 Å². The van der Waals surface area contributed by atoms with Crippen molar-refractivity contribution in [2.75, 3.05) is 38.1 Å². The van der Waals surface area contributed by atoms with Gasteiger partial charge in [0.1, 0.15) is 0 Å². The number of anilines is 1. The zero-order chi connectivity index (χ0) is 20.9. The molecule has 0 saturated carbocycles. The lowest BCUT2D eigenvalue weighted by molar-refractivity contribution is -0.127. The summed E-state index contributed by atoms with van der Waals surface area (Å²) in [5.41, 5.74) is 5.22. The molecule has 0 bridgehead atoms.